The van der Waals surface area contributed by atoms with E-state index in [0.717, 1.165) is 12.2 Å². The van der Waals surface area contributed by atoms with Crippen molar-refractivity contribution >= 4 is 11.5 Å². The molecule has 0 saturated heterocycles. The summed E-state index contributed by atoms with van der Waals surface area (Å²) in [5, 5.41) is 9.65. The largest absolute Gasteiger partial charge is 0.367 e. The van der Waals surface area contributed by atoms with E-state index in [1.54, 1.807) is 6.07 Å². The molecule has 0 aliphatic rings. The Hall–Kier alpha value is -1.85. The van der Waals surface area contributed by atoms with Crippen LogP contribution >= 0.6 is 0 Å². The van der Waals surface area contributed by atoms with E-state index in [1.165, 1.54) is 36.4 Å². The van der Waals surface area contributed by atoms with Gasteiger partial charge < -0.3 is 5.32 Å². The summed E-state index contributed by atoms with van der Waals surface area (Å²) in [7, 11) is 0. The molecule has 0 fully saturated rings. The highest BCUT2D eigenvalue weighted by atomic mass is 16.1. The number of fused-ring (bicyclic) bond motifs is 1. The molecule has 1 unspecified atom stereocenters. The zero-order valence-corrected chi connectivity index (χ0v) is 11.5. The number of nitrogens with one attached hydrogen (secondary N) is 2. The van der Waals surface area contributed by atoms with E-state index in [0.29, 0.717) is 11.7 Å². The quantitative estimate of drug-likeness (QED) is 0.751. The standard InChI is InChI=1S/C13H21N5O/c1-3-4-5-6-7-10(2)15-11-8-12-16-17-13(19)18(12)9-14-11/h8-10,15H,3-7H2,1-2H3,(H,17,19). The molecule has 2 N–H and O–H groups in total. The van der Waals surface area contributed by atoms with Gasteiger partial charge in [-0.1, -0.05) is 32.6 Å². The first-order valence-corrected chi connectivity index (χ1v) is 6.90. The molecule has 6 heteroatoms. The lowest BCUT2D eigenvalue weighted by Crippen LogP contribution is -2.17. The Balaban J connectivity index is 1.91. The van der Waals surface area contributed by atoms with Crippen LogP contribution in [0.4, 0.5) is 5.82 Å². The molecule has 0 bridgehead atoms. The Morgan fingerprint density at radius 3 is 3.05 bits per heavy atom. The van der Waals surface area contributed by atoms with Crippen molar-refractivity contribution in [3.63, 3.8) is 0 Å². The summed E-state index contributed by atoms with van der Waals surface area (Å²) in [5.74, 6) is 0.759. The summed E-state index contributed by atoms with van der Waals surface area (Å²) in [5.41, 5.74) is 0.322. The molecule has 0 amide bonds. The van der Waals surface area contributed by atoms with Crippen LogP contribution < -0.4 is 11.0 Å². The molecule has 0 saturated carbocycles. The van der Waals surface area contributed by atoms with Crippen molar-refractivity contribution < 1.29 is 0 Å². The maximum Gasteiger partial charge on any atom is 0.348 e. The minimum atomic E-state index is -0.262. The number of hydrogen-bond donors (Lipinski definition) is 2. The third-order valence-corrected chi connectivity index (χ3v) is 3.19. The molecule has 1 atom stereocenters. The number of aromatic nitrogens is 4. The highest BCUT2D eigenvalue weighted by molar-refractivity contribution is 5.48. The monoisotopic (exact) mass is 263 g/mol. The number of hydrogen-bond acceptors (Lipinski definition) is 4. The van der Waals surface area contributed by atoms with Gasteiger partial charge in [-0.15, -0.1) is 0 Å². The number of unbranched alkanes of at least 4 members (excludes halogenated alkanes) is 3. The van der Waals surface area contributed by atoms with Gasteiger partial charge in [0.1, 0.15) is 12.1 Å². The molecule has 2 rings (SSSR count). The normalized spacial score (nSPS) is 12.7. The second kappa shape index (κ2) is 6.36. The summed E-state index contributed by atoms with van der Waals surface area (Å²) in [6.07, 6.45) is 7.68. The topological polar surface area (TPSA) is 75.1 Å². The zero-order valence-electron chi connectivity index (χ0n) is 11.5. The fourth-order valence-electron chi connectivity index (χ4n) is 2.09. The summed E-state index contributed by atoms with van der Waals surface area (Å²) in [6, 6.07) is 2.15. The highest BCUT2D eigenvalue weighted by Gasteiger charge is 2.05. The molecule has 0 aliphatic heterocycles. The van der Waals surface area contributed by atoms with Gasteiger partial charge in [-0.05, 0) is 13.3 Å². The van der Waals surface area contributed by atoms with E-state index in [2.05, 4.69) is 34.3 Å². The molecule has 0 aliphatic carbocycles. The molecule has 0 spiro atoms. The van der Waals surface area contributed by atoms with E-state index in [9.17, 15) is 4.79 Å². The smallest absolute Gasteiger partial charge is 0.348 e. The summed E-state index contributed by atoms with van der Waals surface area (Å²) in [4.78, 5) is 15.5. The summed E-state index contributed by atoms with van der Waals surface area (Å²) >= 11 is 0. The van der Waals surface area contributed by atoms with Gasteiger partial charge in [-0.25, -0.2) is 19.3 Å². The Bertz CT molecular complexity index is 574. The first kappa shape index (κ1) is 13.6. The molecular weight excluding hydrogens is 242 g/mol. The van der Waals surface area contributed by atoms with Crippen LogP contribution in [0.1, 0.15) is 46.0 Å². The van der Waals surface area contributed by atoms with Gasteiger partial charge >= 0.3 is 5.69 Å². The van der Waals surface area contributed by atoms with Crippen molar-refractivity contribution in [2.24, 2.45) is 0 Å². The van der Waals surface area contributed by atoms with E-state index in [-0.39, 0.29) is 5.69 Å². The lowest BCUT2D eigenvalue weighted by atomic mass is 10.1. The van der Waals surface area contributed by atoms with Gasteiger partial charge in [0.25, 0.3) is 0 Å². The molecule has 19 heavy (non-hydrogen) atoms. The molecule has 2 aromatic rings. The van der Waals surface area contributed by atoms with Crippen LogP contribution in [0.3, 0.4) is 0 Å². The number of nitrogens with zero attached hydrogens (tertiary/aromatic N) is 3. The fraction of sp³-hybridized carbons (Fsp3) is 0.615. The van der Waals surface area contributed by atoms with Crippen LogP contribution in [0.25, 0.3) is 5.65 Å². The Kier molecular flexibility index (Phi) is 4.54. The van der Waals surface area contributed by atoms with Crippen LogP contribution in [-0.4, -0.2) is 25.6 Å². The minimum absolute atomic E-state index is 0.262. The average molecular weight is 263 g/mol. The van der Waals surface area contributed by atoms with Gasteiger partial charge in [-0.3, -0.25) is 0 Å². The predicted octanol–water partition coefficient (Wildman–Crippen LogP) is 2.19. The molecule has 2 heterocycles. The van der Waals surface area contributed by atoms with Gasteiger partial charge in [0.05, 0.1) is 0 Å². The number of rotatable bonds is 7. The van der Waals surface area contributed by atoms with Crippen LogP contribution in [0, 0.1) is 0 Å². The lowest BCUT2D eigenvalue weighted by Gasteiger charge is -2.14. The van der Waals surface area contributed by atoms with Crippen molar-refractivity contribution in [3.8, 4) is 0 Å². The van der Waals surface area contributed by atoms with Gasteiger partial charge in [0, 0.05) is 12.1 Å². The molecule has 104 valence electrons. The van der Waals surface area contributed by atoms with Crippen LogP contribution in [0.2, 0.25) is 0 Å². The Morgan fingerprint density at radius 2 is 2.26 bits per heavy atom. The van der Waals surface area contributed by atoms with E-state index in [1.807, 2.05) is 0 Å². The maximum absolute atomic E-state index is 11.3. The third-order valence-electron chi connectivity index (χ3n) is 3.19. The van der Waals surface area contributed by atoms with Gasteiger partial charge in [0.2, 0.25) is 0 Å². The molecule has 0 radical (unpaired) electrons. The average Bonchev–Trinajstić information content (AvgIpc) is 2.76. The van der Waals surface area contributed by atoms with Crippen molar-refractivity contribution in [1.82, 2.24) is 19.6 Å². The molecule has 2 aromatic heterocycles. The first-order chi connectivity index (χ1) is 9.20. The van der Waals surface area contributed by atoms with Gasteiger partial charge in [0.15, 0.2) is 5.65 Å². The van der Waals surface area contributed by atoms with Gasteiger partial charge in [-0.2, -0.15) is 5.10 Å². The molecular formula is C13H21N5O. The van der Waals surface area contributed by atoms with E-state index in [4.69, 9.17) is 0 Å². The number of anilines is 1. The van der Waals surface area contributed by atoms with Crippen molar-refractivity contribution in [2.75, 3.05) is 5.32 Å². The van der Waals surface area contributed by atoms with Crippen LogP contribution in [-0.2, 0) is 0 Å². The number of aromatic amines is 1. The Labute approximate surface area is 112 Å². The third kappa shape index (κ3) is 3.56. The molecule has 0 aromatic carbocycles. The van der Waals surface area contributed by atoms with E-state index >= 15 is 0 Å². The molecule has 6 nitrogen and oxygen atoms in total. The predicted molar refractivity (Wildman–Crippen MR) is 75.5 cm³/mol. The maximum atomic E-state index is 11.3. The highest BCUT2D eigenvalue weighted by Crippen LogP contribution is 2.11. The summed E-state index contributed by atoms with van der Waals surface area (Å²) in [6.45, 7) is 4.36. The van der Waals surface area contributed by atoms with Crippen molar-refractivity contribution in [3.05, 3.63) is 22.9 Å². The lowest BCUT2D eigenvalue weighted by molar-refractivity contribution is 0.593. The second-order valence-electron chi connectivity index (χ2n) is 4.93. The van der Waals surface area contributed by atoms with Crippen LogP contribution in [0.15, 0.2) is 17.2 Å². The SMILES string of the molecule is CCCCCCC(C)Nc1cc2n[nH]c(=O)n2cn1. The fourth-order valence-corrected chi connectivity index (χ4v) is 2.09. The van der Waals surface area contributed by atoms with Crippen LogP contribution in [0.5, 0.6) is 0 Å². The Morgan fingerprint density at radius 1 is 1.42 bits per heavy atom. The first-order valence-electron chi connectivity index (χ1n) is 6.90. The van der Waals surface area contributed by atoms with Crippen molar-refractivity contribution in [1.29, 1.82) is 0 Å². The number of H-pyrrole nitrogens is 1. The minimum Gasteiger partial charge on any atom is -0.367 e. The zero-order chi connectivity index (χ0) is 13.7. The second-order valence-corrected chi connectivity index (χ2v) is 4.93. The van der Waals surface area contributed by atoms with E-state index < -0.39 is 0 Å². The van der Waals surface area contributed by atoms with Crippen molar-refractivity contribution in [2.45, 2.75) is 52.0 Å². The summed E-state index contributed by atoms with van der Waals surface area (Å²) < 4.78 is 1.39.